The van der Waals surface area contributed by atoms with Crippen LogP contribution in [-0.2, 0) is 4.74 Å². The van der Waals surface area contributed by atoms with Gasteiger partial charge >= 0.3 is 0 Å². The van der Waals surface area contributed by atoms with Gasteiger partial charge < -0.3 is 9.84 Å². The van der Waals surface area contributed by atoms with Gasteiger partial charge in [0.2, 0.25) is 0 Å². The van der Waals surface area contributed by atoms with Gasteiger partial charge in [0.15, 0.2) is 0 Å². The lowest BCUT2D eigenvalue weighted by molar-refractivity contribution is 0.159. The van der Waals surface area contributed by atoms with Crippen LogP contribution in [-0.4, -0.2) is 36.1 Å². The molecule has 1 heterocycles. The van der Waals surface area contributed by atoms with Gasteiger partial charge in [0.05, 0.1) is 13.2 Å². The Morgan fingerprint density at radius 1 is 1.14 bits per heavy atom. The van der Waals surface area contributed by atoms with E-state index in [4.69, 9.17) is 4.74 Å². The van der Waals surface area contributed by atoms with Crippen LogP contribution in [0.1, 0.15) is 0 Å². The number of benzene rings is 1. The van der Waals surface area contributed by atoms with Crippen LogP contribution >= 0.6 is 10.0 Å². The van der Waals surface area contributed by atoms with Gasteiger partial charge in [-0.3, -0.25) is 0 Å². The first kappa shape index (κ1) is 9.87. The first-order valence-corrected chi connectivity index (χ1v) is 7.19. The normalized spacial score (nSPS) is 22.9. The highest BCUT2D eigenvalue weighted by atomic mass is 32.3. The fourth-order valence-electron chi connectivity index (χ4n) is 1.70. The molecule has 0 unspecified atom stereocenters. The number of rotatable bonds is 1. The van der Waals surface area contributed by atoms with Gasteiger partial charge in [-0.15, -0.1) is 0 Å². The van der Waals surface area contributed by atoms with E-state index in [2.05, 4.69) is 18.4 Å². The maximum atomic E-state index is 9.22. The number of hydrogen-bond donors (Lipinski definition) is 1. The van der Waals surface area contributed by atoms with Crippen molar-refractivity contribution in [2.75, 3.05) is 31.0 Å². The van der Waals surface area contributed by atoms with Crippen molar-refractivity contribution in [2.45, 2.75) is 4.90 Å². The number of phenolic OH excluding ortho intramolecular Hbond substituents is 1. The summed E-state index contributed by atoms with van der Waals surface area (Å²) in [5.74, 6) is 2.65. The van der Waals surface area contributed by atoms with Crippen molar-refractivity contribution in [3.8, 4) is 5.75 Å². The lowest BCUT2D eigenvalue weighted by Gasteiger charge is -2.39. The van der Waals surface area contributed by atoms with E-state index in [0.29, 0.717) is 5.75 Å². The number of hydrogen-bond acceptors (Lipinski definition) is 2. The smallest absolute Gasteiger partial charge is 0.115 e. The molecule has 0 saturated carbocycles. The summed E-state index contributed by atoms with van der Waals surface area (Å²) in [5, 5.41) is 9.22. The van der Waals surface area contributed by atoms with E-state index in [9.17, 15) is 5.11 Å². The summed E-state index contributed by atoms with van der Waals surface area (Å²) in [7, 11) is -0.672. The fraction of sp³-hybridized carbons (Fsp3) is 0.455. The largest absolute Gasteiger partial charge is 0.508 e. The van der Waals surface area contributed by atoms with Gasteiger partial charge in [-0.1, -0.05) is 0 Å². The van der Waals surface area contributed by atoms with E-state index < -0.39 is 10.0 Å². The van der Waals surface area contributed by atoms with Crippen LogP contribution in [0.3, 0.4) is 0 Å². The predicted molar refractivity (Wildman–Crippen MR) is 60.4 cm³/mol. The fourth-order valence-corrected chi connectivity index (χ4v) is 4.14. The third kappa shape index (κ3) is 1.88. The first-order chi connectivity index (χ1) is 6.71. The summed E-state index contributed by atoms with van der Waals surface area (Å²) in [6, 6.07) is 7.66. The van der Waals surface area contributed by atoms with Crippen molar-refractivity contribution in [3.05, 3.63) is 24.3 Å². The highest BCUT2D eigenvalue weighted by Crippen LogP contribution is 2.53. The highest BCUT2D eigenvalue weighted by molar-refractivity contribution is 8.33. The zero-order valence-electron chi connectivity index (χ0n) is 8.40. The minimum atomic E-state index is -0.672. The van der Waals surface area contributed by atoms with Crippen molar-refractivity contribution in [1.29, 1.82) is 0 Å². The maximum Gasteiger partial charge on any atom is 0.115 e. The molecule has 1 N–H and O–H groups in total. The van der Waals surface area contributed by atoms with Gasteiger partial charge in [0, 0.05) is 11.5 Å². The lowest BCUT2D eigenvalue weighted by Crippen LogP contribution is -2.22. The van der Waals surface area contributed by atoms with E-state index in [1.165, 1.54) is 4.90 Å². The van der Waals surface area contributed by atoms with Gasteiger partial charge in [0.1, 0.15) is 5.75 Å². The molecule has 1 aromatic carbocycles. The summed E-state index contributed by atoms with van der Waals surface area (Å²) in [5.41, 5.74) is 0. The maximum absolute atomic E-state index is 9.22. The van der Waals surface area contributed by atoms with Gasteiger partial charge in [-0.25, -0.2) is 10.0 Å². The van der Waals surface area contributed by atoms with Crippen LogP contribution < -0.4 is 0 Å². The van der Waals surface area contributed by atoms with E-state index in [-0.39, 0.29) is 0 Å². The quantitative estimate of drug-likeness (QED) is 0.773. The Morgan fingerprint density at radius 2 is 1.71 bits per heavy atom. The molecule has 2 nitrogen and oxygen atoms in total. The first-order valence-electron chi connectivity index (χ1n) is 4.81. The van der Waals surface area contributed by atoms with Gasteiger partial charge in [0.25, 0.3) is 0 Å². The zero-order chi connectivity index (χ0) is 10.0. The van der Waals surface area contributed by atoms with Crippen LogP contribution in [0.4, 0.5) is 0 Å². The van der Waals surface area contributed by atoms with Crippen molar-refractivity contribution in [2.24, 2.45) is 0 Å². The molecule has 2 rings (SSSR count). The number of aromatic hydroxyl groups is 1. The second-order valence-electron chi connectivity index (χ2n) is 3.79. The van der Waals surface area contributed by atoms with E-state index >= 15 is 0 Å². The molecular formula is C11H16O2S. The van der Waals surface area contributed by atoms with Crippen LogP contribution in [0.5, 0.6) is 5.75 Å². The summed E-state index contributed by atoms with van der Waals surface area (Å²) in [6.07, 6.45) is 2.35. The molecule has 0 bridgehead atoms. The van der Waals surface area contributed by atoms with E-state index in [0.717, 1.165) is 24.7 Å². The topological polar surface area (TPSA) is 29.5 Å². The van der Waals surface area contributed by atoms with Crippen molar-refractivity contribution < 1.29 is 9.84 Å². The molecule has 14 heavy (non-hydrogen) atoms. The molecule has 1 aliphatic rings. The standard InChI is InChI=1S/C11H16O2S/c1-14(8-6-13-7-9-14)11-4-2-10(12)3-5-11/h2-5,12H,6-9H2,1H3. The van der Waals surface area contributed by atoms with E-state index in [1.54, 1.807) is 12.1 Å². The lowest BCUT2D eigenvalue weighted by atomic mass is 10.3. The molecule has 0 aromatic heterocycles. The summed E-state index contributed by atoms with van der Waals surface area (Å²) in [6.45, 7) is 1.76. The van der Waals surface area contributed by atoms with Crippen molar-refractivity contribution in [3.63, 3.8) is 0 Å². The second-order valence-corrected chi connectivity index (χ2v) is 7.63. The average molecular weight is 212 g/mol. The Bertz CT molecular complexity index is 302. The second kappa shape index (κ2) is 3.83. The Balaban J connectivity index is 2.23. The summed E-state index contributed by atoms with van der Waals surface area (Å²) < 4.78 is 5.38. The molecule has 1 aliphatic heterocycles. The van der Waals surface area contributed by atoms with Crippen LogP contribution in [0, 0.1) is 0 Å². The Labute approximate surface area is 86.2 Å². The molecule has 0 aliphatic carbocycles. The zero-order valence-corrected chi connectivity index (χ0v) is 9.22. The molecule has 0 amide bonds. The Hall–Kier alpha value is -0.670. The van der Waals surface area contributed by atoms with Crippen LogP contribution in [0.2, 0.25) is 0 Å². The minimum absolute atomic E-state index is 0.351. The summed E-state index contributed by atoms with van der Waals surface area (Å²) >= 11 is 0. The molecule has 0 spiro atoms. The molecule has 3 heteroatoms. The summed E-state index contributed by atoms with van der Waals surface area (Å²) in [4.78, 5) is 1.39. The van der Waals surface area contributed by atoms with Gasteiger partial charge in [-0.05, 0) is 35.4 Å². The molecule has 0 radical (unpaired) electrons. The highest BCUT2D eigenvalue weighted by Gasteiger charge is 2.23. The minimum Gasteiger partial charge on any atom is -0.508 e. The molecule has 0 atom stereocenters. The molecule has 1 fully saturated rings. The van der Waals surface area contributed by atoms with Crippen molar-refractivity contribution in [1.82, 2.24) is 0 Å². The molecular weight excluding hydrogens is 196 g/mol. The molecule has 1 aromatic rings. The monoisotopic (exact) mass is 212 g/mol. The number of ether oxygens (including phenoxy) is 1. The van der Waals surface area contributed by atoms with E-state index in [1.807, 2.05) is 0 Å². The SMILES string of the molecule is CS1(c2ccc(O)cc2)CCOCC1. The van der Waals surface area contributed by atoms with Crippen molar-refractivity contribution >= 4 is 10.0 Å². The van der Waals surface area contributed by atoms with Crippen LogP contribution in [0.25, 0.3) is 0 Å². The molecule has 1 saturated heterocycles. The van der Waals surface area contributed by atoms with Gasteiger partial charge in [-0.2, -0.15) is 0 Å². The Kier molecular flexibility index (Phi) is 2.70. The average Bonchev–Trinajstić information content (AvgIpc) is 2.19. The third-order valence-electron chi connectivity index (χ3n) is 2.76. The number of phenols is 1. The molecule has 78 valence electrons. The predicted octanol–water partition coefficient (Wildman–Crippen LogP) is 2.22. The van der Waals surface area contributed by atoms with Crippen LogP contribution in [0.15, 0.2) is 29.2 Å². The third-order valence-corrected chi connectivity index (χ3v) is 6.31. The Morgan fingerprint density at radius 3 is 2.29 bits per heavy atom.